The summed E-state index contributed by atoms with van der Waals surface area (Å²) in [5.41, 5.74) is 4.66. The fourth-order valence-electron chi connectivity index (χ4n) is 1.21. The highest BCUT2D eigenvalue weighted by molar-refractivity contribution is 9.10. The minimum absolute atomic E-state index is 0.0611. The van der Waals surface area contributed by atoms with Crippen molar-refractivity contribution in [2.75, 3.05) is 13.2 Å². The quantitative estimate of drug-likeness (QED) is 0.476. The van der Waals surface area contributed by atoms with Gasteiger partial charge < -0.3 is 15.8 Å². The average molecular weight is 332 g/mol. The fraction of sp³-hybridized carbons (Fsp3) is 0.200. The zero-order chi connectivity index (χ0) is 14.4. The van der Waals surface area contributed by atoms with Crippen LogP contribution in [0.3, 0.4) is 0 Å². The van der Waals surface area contributed by atoms with Crippen LogP contribution in [-0.4, -0.2) is 30.1 Å². The largest absolute Gasteiger partial charge is 0.448 e. The highest BCUT2D eigenvalue weighted by atomic mass is 79.9. The first-order valence-corrected chi connectivity index (χ1v) is 5.85. The molecule has 0 spiro atoms. The number of ether oxygens (including phenoxy) is 1. The van der Waals surface area contributed by atoms with Crippen molar-refractivity contribution in [1.29, 1.82) is 0 Å². The van der Waals surface area contributed by atoms with Crippen molar-refractivity contribution in [3.05, 3.63) is 38.3 Å². The van der Waals surface area contributed by atoms with Gasteiger partial charge in [-0.2, -0.15) is 0 Å². The van der Waals surface area contributed by atoms with Crippen LogP contribution in [0.2, 0.25) is 0 Å². The minimum atomic E-state index is -0.937. The molecule has 0 fully saturated rings. The summed E-state index contributed by atoms with van der Waals surface area (Å²) in [6.07, 6.45) is -0.937. The monoisotopic (exact) mass is 331 g/mol. The van der Waals surface area contributed by atoms with Crippen molar-refractivity contribution in [2.45, 2.75) is 0 Å². The number of hydrogen-bond acceptors (Lipinski definition) is 5. The Hall–Kier alpha value is -2.16. The van der Waals surface area contributed by atoms with E-state index in [0.29, 0.717) is 0 Å². The molecule has 0 unspecified atom stereocenters. The van der Waals surface area contributed by atoms with E-state index in [1.165, 1.54) is 12.1 Å². The van der Waals surface area contributed by atoms with Crippen molar-refractivity contribution >= 4 is 33.6 Å². The number of nitrogens with zero attached hydrogens (tertiary/aromatic N) is 1. The highest BCUT2D eigenvalue weighted by Crippen LogP contribution is 2.25. The molecule has 3 N–H and O–H groups in total. The highest BCUT2D eigenvalue weighted by Gasteiger charge is 2.15. The van der Waals surface area contributed by atoms with Gasteiger partial charge >= 0.3 is 6.09 Å². The normalized spacial score (nSPS) is 9.74. The summed E-state index contributed by atoms with van der Waals surface area (Å²) < 4.78 is 4.70. The molecular formula is C10H10BrN3O5. The third-order valence-corrected chi connectivity index (χ3v) is 2.71. The molecular weight excluding hydrogens is 322 g/mol. The predicted octanol–water partition coefficient (Wildman–Crippen LogP) is 1.18. The van der Waals surface area contributed by atoms with Crippen molar-refractivity contribution in [3.8, 4) is 0 Å². The van der Waals surface area contributed by atoms with Gasteiger partial charge in [-0.1, -0.05) is 0 Å². The van der Waals surface area contributed by atoms with Gasteiger partial charge in [-0.05, 0) is 28.1 Å². The first-order chi connectivity index (χ1) is 8.91. The smallest absolute Gasteiger partial charge is 0.404 e. The van der Waals surface area contributed by atoms with Gasteiger partial charge in [-0.15, -0.1) is 0 Å². The number of halogens is 1. The van der Waals surface area contributed by atoms with Gasteiger partial charge in [0.05, 0.1) is 15.9 Å². The average Bonchev–Trinajstić information content (AvgIpc) is 2.34. The summed E-state index contributed by atoms with van der Waals surface area (Å²) in [4.78, 5) is 32.0. The summed E-state index contributed by atoms with van der Waals surface area (Å²) in [6, 6.07) is 3.99. The van der Waals surface area contributed by atoms with E-state index in [4.69, 9.17) is 5.73 Å². The molecule has 0 aliphatic rings. The van der Waals surface area contributed by atoms with Crippen LogP contribution in [0.1, 0.15) is 10.4 Å². The maximum atomic E-state index is 11.7. The van der Waals surface area contributed by atoms with Crippen LogP contribution in [0.5, 0.6) is 0 Å². The van der Waals surface area contributed by atoms with Gasteiger partial charge in [0.15, 0.2) is 0 Å². The van der Waals surface area contributed by atoms with E-state index in [1.807, 2.05) is 0 Å². The molecule has 0 atom stereocenters. The van der Waals surface area contributed by atoms with Crippen LogP contribution < -0.4 is 11.1 Å². The number of primary amides is 1. The lowest BCUT2D eigenvalue weighted by Crippen LogP contribution is -2.29. The maximum absolute atomic E-state index is 11.7. The molecule has 0 saturated heterocycles. The Morgan fingerprint density at radius 3 is 2.74 bits per heavy atom. The lowest BCUT2D eigenvalue weighted by atomic mass is 10.2. The zero-order valence-electron chi connectivity index (χ0n) is 9.59. The van der Waals surface area contributed by atoms with Crippen molar-refractivity contribution < 1.29 is 19.2 Å². The van der Waals surface area contributed by atoms with Crippen molar-refractivity contribution in [1.82, 2.24) is 5.32 Å². The number of hydrogen-bond donors (Lipinski definition) is 2. The second-order valence-electron chi connectivity index (χ2n) is 3.35. The van der Waals surface area contributed by atoms with Crippen LogP contribution in [0.25, 0.3) is 0 Å². The molecule has 9 heteroatoms. The third kappa shape index (κ3) is 4.54. The van der Waals surface area contributed by atoms with Crippen LogP contribution >= 0.6 is 15.9 Å². The molecule has 19 heavy (non-hydrogen) atoms. The van der Waals surface area contributed by atoms with Gasteiger partial charge in [-0.25, -0.2) is 4.79 Å². The second-order valence-corrected chi connectivity index (χ2v) is 4.20. The number of carbonyl (C=O) groups excluding carboxylic acids is 2. The Labute approximate surface area is 116 Å². The van der Waals surface area contributed by atoms with Crippen LogP contribution in [0, 0.1) is 10.1 Å². The minimum Gasteiger partial charge on any atom is -0.448 e. The van der Waals surface area contributed by atoms with Crippen LogP contribution in [0.15, 0.2) is 22.7 Å². The van der Waals surface area contributed by atoms with E-state index in [1.54, 1.807) is 0 Å². The van der Waals surface area contributed by atoms with E-state index in [-0.39, 0.29) is 28.9 Å². The van der Waals surface area contributed by atoms with Crippen molar-refractivity contribution in [2.24, 2.45) is 5.73 Å². The summed E-state index contributed by atoms with van der Waals surface area (Å²) in [5.74, 6) is -0.510. The molecule has 0 bridgehead atoms. The maximum Gasteiger partial charge on any atom is 0.404 e. The molecule has 102 valence electrons. The van der Waals surface area contributed by atoms with E-state index >= 15 is 0 Å². The Balaban J connectivity index is 2.65. The first-order valence-electron chi connectivity index (χ1n) is 5.06. The fourth-order valence-corrected chi connectivity index (χ4v) is 1.60. The second kappa shape index (κ2) is 6.69. The van der Waals surface area contributed by atoms with Gasteiger partial charge in [-0.3, -0.25) is 14.9 Å². The lowest BCUT2D eigenvalue weighted by molar-refractivity contribution is -0.385. The summed E-state index contributed by atoms with van der Waals surface area (Å²) >= 11 is 3.02. The lowest BCUT2D eigenvalue weighted by Gasteiger charge is -2.05. The van der Waals surface area contributed by atoms with E-state index < -0.39 is 16.9 Å². The van der Waals surface area contributed by atoms with E-state index in [2.05, 4.69) is 26.0 Å². The topological polar surface area (TPSA) is 125 Å². The zero-order valence-corrected chi connectivity index (χ0v) is 11.2. The first kappa shape index (κ1) is 14.9. The number of amides is 2. The summed E-state index contributed by atoms with van der Waals surface area (Å²) in [5, 5.41) is 13.1. The molecule has 8 nitrogen and oxygen atoms in total. The molecule has 0 saturated carbocycles. The van der Waals surface area contributed by atoms with Crippen LogP contribution in [0.4, 0.5) is 10.5 Å². The molecule has 0 aromatic heterocycles. The third-order valence-electron chi connectivity index (χ3n) is 2.04. The van der Waals surface area contributed by atoms with Gasteiger partial charge in [0.2, 0.25) is 0 Å². The Morgan fingerprint density at radius 2 is 2.16 bits per heavy atom. The van der Waals surface area contributed by atoms with Gasteiger partial charge in [0.1, 0.15) is 6.61 Å². The number of nitrogens with two attached hydrogens (primary N) is 1. The SMILES string of the molecule is NC(=O)OCCNC(=O)c1ccc(Br)c([N+](=O)[O-])c1. The number of nitro benzene ring substituents is 1. The molecule has 0 aliphatic heterocycles. The Morgan fingerprint density at radius 1 is 1.47 bits per heavy atom. The summed E-state index contributed by atoms with van der Waals surface area (Å²) in [7, 11) is 0. The van der Waals surface area contributed by atoms with E-state index in [9.17, 15) is 19.7 Å². The number of rotatable bonds is 5. The Kier molecular flexibility index (Phi) is 5.24. The summed E-state index contributed by atoms with van der Waals surface area (Å²) in [6.45, 7) is -0.00860. The molecule has 0 heterocycles. The standard InChI is InChI=1S/C10H10BrN3O5/c11-7-2-1-6(5-8(7)14(17)18)9(15)13-3-4-19-10(12)16/h1-2,5H,3-4H2,(H2,12,16)(H,13,15). The Bertz CT molecular complexity index is 520. The molecule has 1 aromatic carbocycles. The predicted molar refractivity (Wildman–Crippen MR) is 68.7 cm³/mol. The number of benzene rings is 1. The molecule has 1 rings (SSSR count). The number of nitrogens with one attached hydrogen (secondary N) is 1. The van der Waals surface area contributed by atoms with Crippen LogP contribution in [-0.2, 0) is 4.74 Å². The van der Waals surface area contributed by atoms with E-state index in [0.717, 1.165) is 6.07 Å². The number of nitro groups is 1. The molecule has 0 aliphatic carbocycles. The van der Waals surface area contributed by atoms with Gasteiger partial charge in [0, 0.05) is 11.6 Å². The molecule has 1 aromatic rings. The van der Waals surface area contributed by atoms with Crippen molar-refractivity contribution in [3.63, 3.8) is 0 Å². The number of carbonyl (C=O) groups is 2. The van der Waals surface area contributed by atoms with Gasteiger partial charge in [0.25, 0.3) is 11.6 Å². The molecule has 0 radical (unpaired) electrons. The molecule has 2 amide bonds.